The van der Waals surface area contributed by atoms with E-state index in [9.17, 15) is 4.79 Å². The molecule has 1 atom stereocenters. The van der Waals surface area contributed by atoms with Crippen LogP contribution in [0.2, 0.25) is 0 Å². The van der Waals surface area contributed by atoms with Crippen molar-refractivity contribution in [3.63, 3.8) is 0 Å². The lowest BCUT2D eigenvalue weighted by Crippen LogP contribution is -2.43. The molecule has 4 nitrogen and oxygen atoms in total. The first-order chi connectivity index (χ1) is 10.7. The Morgan fingerprint density at radius 3 is 2.73 bits per heavy atom. The molecule has 0 saturated carbocycles. The van der Waals surface area contributed by atoms with E-state index < -0.39 is 0 Å². The van der Waals surface area contributed by atoms with Crippen molar-refractivity contribution in [1.29, 1.82) is 0 Å². The van der Waals surface area contributed by atoms with Gasteiger partial charge in [-0.05, 0) is 57.5 Å². The lowest BCUT2D eigenvalue weighted by molar-refractivity contribution is 0.101. The third-order valence-corrected chi connectivity index (χ3v) is 4.76. The highest BCUT2D eigenvalue weighted by Crippen LogP contribution is 2.35. The van der Waals surface area contributed by atoms with Crippen molar-refractivity contribution in [2.45, 2.75) is 39.2 Å². The normalized spacial score (nSPS) is 21.5. The summed E-state index contributed by atoms with van der Waals surface area (Å²) in [6.45, 7) is 9.25. The van der Waals surface area contributed by atoms with E-state index in [1.807, 2.05) is 18.2 Å². The Morgan fingerprint density at radius 2 is 2.05 bits per heavy atom. The molecule has 0 N–H and O–H groups in total. The quantitative estimate of drug-likeness (QED) is 0.783. The summed E-state index contributed by atoms with van der Waals surface area (Å²) in [4.78, 5) is 16.6. The van der Waals surface area contributed by atoms with Gasteiger partial charge in [-0.2, -0.15) is 0 Å². The van der Waals surface area contributed by atoms with E-state index in [1.54, 1.807) is 6.92 Å². The van der Waals surface area contributed by atoms with Crippen LogP contribution in [0.5, 0.6) is 5.75 Å². The predicted octanol–water partition coefficient (Wildman–Crippen LogP) is 2.96. The van der Waals surface area contributed by atoms with E-state index in [1.165, 1.54) is 25.9 Å². The molecule has 22 heavy (non-hydrogen) atoms. The summed E-state index contributed by atoms with van der Waals surface area (Å²) >= 11 is 0. The van der Waals surface area contributed by atoms with Gasteiger partial charge in [-0.1, -0.05) is 6.92 Å². The Balaban J connectivity index is 1.78. The van der Waals surface area contributed by atoms with Crippen LogP contribution in [-0.2, 0) is 0 Å². The van der Waals surface area contributed by atoms with Gasteiger partial charge in [0.2, 0.25) is 0 Å². The second-order valence-electron chi connectivity index (χ2n) is 6.38. The SMILES string of the molecule is CCC1CN(CCN2CCCC2)c2cc(C(C)=O)ccc2O1. The second-order valence-corrected chi connectivity index (χ2v) is 6.38. The maximum absolute atomic E-state index is 11.7. The van der Waals surface area contributed by atoms with Crippen LogP contribution in [0.25, 0.3) is 0 Å². The second kappa shape index (κ2) is 6.69. The van der Waals surface area contributed by atoms with Crippen LogP contribution < -0.4 is 9.64 Å². The van der Waals surface area contributed by atoms with Gasteiger partial charge in [-0.25, -0.2) is 0 Å². The third-order valence-electron chi connectivity index (χ3n) is 4.76. The third kappa shape index (κ3) is 3.27. The zero-order valence-corrected chi connectivity index (χ0v) is 13.7. The topological polar surface area (TPSA) is 32.8 Å². The van der Waals surface area contributed by atoms with Crippen molar-refractivity contribution in [3.8, 4) is 5.75 Å². The van der Waals surface area contributed by atoms with Gasteiger partial charge in [-0.15, -0.1) is 0 Å². The summed E-state index contributed by atoms with van der Waals surface area (Å²) < 4.78 is 6.05. The number of nitrogens with zero attached hydrogens (tertiary/aromatic N) is 2. The number of rotatable bonds is 5. The van der Waals surface area contributed by atoms with Crippen LogP contribution in [-0.4, -0.2) is 49.5 Å². The molecule has 0 radical (unpaired) electrons. The summed E-state index contributed by atoms with van der Waals surface area (Å²) in [5, 5.41) is 0. The van der Waals surface area contributed by atoms with E-state index in [0.29, 0.717) is 0 Å². The molecule has 1 fully saturated rings. The predicted molar refractivity (Wildman–Crippen MR) is 89.0 cm³/mol. The minimum Gasteiger partial charge on any atom is -0.486 e. The molecule has 120 valence electrons. The molecule has 1 aromatic carbocycles. The molecular formula is C18H26N2O2. The number of hydrogen-bond acceptors (Lipinski definition) is 4. The molecule has 0 aromatic heterocycles. The number of carbonyl (C=O) groups excluding carboxylic acids is 1. The van der Waals surface area contributed by atoms with Crippen LogP contribution >= 0.6 is 0 Å². The number of hydrogen-bond donors (Lipinski definition) is 0. The molecule has 0 spiro atoms. The van der Waals surface area contributed by atoms with Gasteiger partial charge in [0.15, 0.2) is 5.78 Å². The number of likely N-dealkylation sites (tertiary alicyclic amines) is 1. The molecule has 2 aliphatic heterocycles. The lowest BCUT2D eigenvalue weighted by atomic mass is 10.1. The molecule has 4 heteroatoms. The number of benzene rings is 1. The van der Waals surface area contributed by atoms with Gasteiger partial charge in [0, 0.05) is 18.7 Å². The van der Waals surface area contributed by atoms with Gasteiger partial charge in [0.05, 0.1) is 12.2 Å². The highest BCUT2D eigenvalue weighted by molar-refractivity contribution is 5.95. The van der Waals surface area contributed by atoms with E-state index >= 15 is 0 Å². The number of ketones is 1. The van der Waals surface area contributed by atoms with Crippen LogP contribution in [0.1, 0.15) is 43.5 Å². The van der Waals surface area contributed by atoms with Crippen molar-refractivity contribution in [2.24, 2.45) is 0 Å². The number of anilines is 1. The molecular weight excluding hydrogens is 276 g/mol. The zero-order chi connectivity index (χ0) is 15.5. The summed E-state index contributed by atoms with van der Waals surface area (Å²) in [7, 11) is 0. The standard InChI is InChI=1S/C18H26N2O2/c1-3-16-13-20(11-10-19-8-4-5-9-19)17-12-15(14(2)21)6-7-18(17)22-16/h6-7,12,16H,3-5,8-11,13H2,1-2H3. The van der Waals surface area contributed by atoms with Gasteiger partial charge < -0.3 is 14.5 Å². The van der Waals surface area contributed by atoms with E-state index in [4.69, 9.17) is 4.74 Å². The van der Waals surface area contributed by atoms with E-state index in [-0.39, 0.29) is 11.9 Å². The number of ether oxygens (including phenoxy) is 1. The molecule has 1 aromatic rings. The molecule has 1 unspecified atom stereocenters. The summed E-state index contributed by atoms with van der Waals surface area (Å²) in [5.41, 5.74) is 1.85. The Morgan fingerprint density at radius 1 is 1.27 bits per heavy atom. The minimum absolute atomic E-state index is 0.111. The fourth-order valence-electron chi connectivity index (χ4n) is 3.34. The van der Waals surface area contributed by atoms with Crippen LogP contribution in [0.15, 0.2) is 18.2 Å². The number of carbonyl (C=O) groups is 1. The van der Waals surface area contributed by atoms with E-state index in [0.717, 1.165) is 43.1 Å². The first-order valence-electron chi connectivity index (χ1n) is 8.46. The highest BCUT2D eigenvalue weighted by atomic mass is 16.5. The molecule has 0 aliphatic carbocycles. The molecule has 2 aliphatic rings. The Labute approximate surface area is 133 Å². The van der Waals surface area contributed by atoms with Gasteiger partial charge in [-0.3, -0.25) is 4.79 Å². The smallest absolute Gasteiger partial charge is 0.159 e. The monoisotopic (exact) mass is 302 g/mol. The first kappa shape index (κ1) is 15.3. The molecule has 0 bridgehead atoms. The maximum atomic E-state index is 11.7. The fourth-order valence-corrected chi connectivity index (χ4v) is 3.34. The first-order valence-corrected chi connectivity index (χ1v) is 8.46. The van der Waals surface area contributed by atoms with Gasteiger partial charge in [0.1, 0.15) is 11.9 Å². The average Bonchev–Trinajstić information content (AvgIpc) is 3.05. The largest absolute Gasteiger partial charge is 0.486 e. The Bertz CT molecular complexity index is 538. The molecule has 1 saturated heterocycles. The van der Waals surface area contributed by atoms with E-state index in [2.05, 4.69) is 16.7 Å². The average molecular weight is 302 g/mol. The van der Waals surface area contributed by atoms with Gasteiger partial charge >= 0.3 is 0 Å². The summed E-state index contributed by atoms with van der Waals surface area (Å²) in [6, 6.07) is 5.82. The molecule has 2 heterocycles. The molecule has 3 rings (SSSR count). The lowest BCUT2D eigenvalue weighted by Gasteiger charge is -2.37. The maximum Gasteiger partial charge on any atom is 0.159 e. The number of Topliss-reactive ketones (excluding diaryl/α,β-unsaturated/α-hetero) is 1. The van der Waals surface area contributed by atoms with Crippen molar-refractivity contribution in [1.82, 2.24) is 4.90 Å². The van der Waals surface area contributed by atoms with Crippen molar-refractivity contribution >= 4 is 11.5 Å². The summed E-state index contributed by atoms with van der Waals surface area (Å²) in [6.07, 6.45) is 3.90. The minimum atomic E-state index is 0.111. The Hall–Kier alpha value is -1.55. The van der Waals surface area contributed by atoms with Crippen molar-refractivity contribution in [3.05, 3.63) is 23.8 Å². The molecule has 0 amide bonds. The highest BCUT2D eigenvalue weighted by Gasteiger charge is 2.26. The number of fused-ring (bicyclic) bond motifs is 1. The Kier molecular flexibility index (Phi) is 4.67. The van der Waals surface area contributed by atoms with Crippen LogP contribution in [0, 0.1) is 0 Å². The summed E-state index contributed by atoms with van der Waals surface area (Å²) in [5.74, 6) is 1.03. The fraction of sp³-hybridized carbons (Fsp3) is 0.611. The van der Waals surface area contributed by atoms with Gasteiger partial charge in [0.25, 0.3) is 0 Å². The van der Waals surface area contributed by atoms with Crippen molar-refractivity contribution < 1.29 is 9.53 Å². The van der Waals surface area contributed by atoms with Crippen LogP contribution in [0.3, 0.4) is 0 Å². The zero-order valence-electron chi connectivity index (χ0n) is 13.7. The van der Waals surface area contributed by atoms with Crippen molar-refractivity contribution in [2.75, 3.05) is 37.6 Å². The van der Waals surface area contributed by atoms with Crippen LogP contribution in [0.4, 0.5) is 5.69 Å².